The van der Waals surface area contributed by atoms with Crippen LogP contribution in [0.15, 0.2) is 12.5 Å². The van der Waals surface area contributed by atoms with Gasteiger partial charge in [0.15, 0.2) is 5.78 Å². The molecule has 0 spiro atoms. The fraction of sp³-hybridized carbons (Fsp3) is 0.500. The van der Waals surface area contributed by atoms with Crippen LogP contribution in [-0.4, -0.2) is 15.3 Å². The predicted molar refractivity (Wildman–Crippen MR) is 42.4 cm³/mol. The van der Waals surface area contributed by atoms with E-state index in [4.69, 9.17) is 0 Å². The summed E-state index contributed by atoms with van der Waals surface area (Å²) in [6.07, 6.45) is 3.23. The number of hydrogen-bond donors (Lipinski definition) is 0. The zero-order valence-corrected chi connectivity index (χ0v) is 7.03. The summed E-state index contributed by atoms with van der Waals surface area (Å²) in [6.45, 7) is 3.77. The van der Waals surface area contributed by atoms with E-state index in [0.29, 0.717) is 5.69 Å². The summed E-state index contributed by atoms with van der Waals surface area (Å²) in [7, 11) is 1.82. The highest BCUT2D eigenvalue weighted by Crippen LogP contribution is 2.05. The summed E-state index contributed by atoms with van der Waals surface area (Å²) >= 11 is 0. The Kier molecular flexibility index (Phi) is 2.08. The monoisotopic (exact) mass is 152 g/mol. The molecule has 60 valence electrons. The average Bonchev–Trinajstić information content (AvgIpc) is 2.33. The third-order valence-electron chi connectivity index (χ3n) is 1.59. The van der Waals surface area contributed by atoms with E-state index >= 15 is 0 Å². The second-order valence-electron chi connectivity index (χ2n) is 2.91. The molecule has 1 rings (SSSR count). The summed E-state index contributed by atoms with van der Waals surface area (Å²) in [4.78, 5) is 15.2. The summed E-state index contributed by atoms with van der Waals surface area (Å²) in [5.74, 6) is 0.190. The molecule has 3 nitrogen and oxygen atoms in total. The Morgan fingerprint density at radius 3 is 2.64 bits per heavy atom. The van der Waals surface area contributed by atoms with Crippen LogP contribution in [0.2, 0.25) is 0 Å². The molecule has 0 radical (unpaired) electrons. The molecule has 1 aromatic heterocycles. The fourth-order valence-corrected chi connectivity index (χ4v) is 0.890. The maximum absolute atomic E-state index is 11.4. The number of Topliss-reactive ketones (excluding diaryl/α,β-unsaturated/α-hetero) is 1. The average molecular weight is 152 g/mol. The molecule has 0 fully saturated rings. The number of imidazole rings is 1. The van der Waals surface area contributed by atoms with Gasteiger partial charge in [-0.3, -0.25) is 4.79 Å². The van der Waals surface area contributed by atoms with Crippen molar-refractivity contribution >= 4 is 5.78 Å². The molecule has 0 bridgehead atoms. The van der Waals surface area contributed by atoms with E-state index in [1.807, 2.05) is 20.9 Å². The molecule has 0 aliphatic carbocycles. The van der Waals surface area contributed by atoms with Crippen LogP contribution in [0.4, 0.5) is 0 Å². The number of hydrogen-bond acceptors (Lipinski definition) is 2. The Bertz CT molecular complexity index is 263. The Morgan fingerprint density at radius 1 is 1.64 bits per heavy atom. The number of carbonyl (C=O) groups excluding carboxylic acids is 1. The molecule has 0 atom stereocenters. The van der Waals surface area contributed by atoms with Crippen LogP contribution in [0.25, 0.3) is 0 Å². The number of aryl methyl sites for hydroxylation is 1. The summed E-state index contributed by atoms with van der Waals surface area (Å²) in [6, 6.07) is 0. The lowest BCUT2D eigenvalue weighted by molar-refractivity contribution is 0.0931. The van der Waals surface area contributed by atoms with Crippen LogP contribution in [-0.2, 0) is 7.05 Å². The van der Waals surface area contributed by atoms with Crippen LogP contribution in [0.3, 0.4) is 0 Å². The highest BCUT2D eigenvalue weighted by molar-refractivity contribution is 5.95. The highest BCUT2D eigenvalue weighted by Gasteiger charge is 2.12. The lowest BCUT2D eigenvalue weighted by atomic mass is 10.1. The second kappa shape index (κ2) is 2.86. The second-order valence-corrected chi connectivity index (χ2v) is 2.91. The van der Waals surface area contributed by atoms with Crippen molar-refractivity contribution in [2.75, 3.05) is 0 Å². The molecule has 1 aromatic rings. The third-order valence-corrected chi connectivity index (χ3v) is 1.59. The van der Waals surface area contributed by atoms with Gasteiger partial charge in [-0.25, -0.2) is 4.98 Å². The zero-order chi connectivity index (χ0) is 8.43. The van der Waals surface area contributed by atoms with Crippen molar-refractivity contribution < 1.29 is 4.79 Å². The van der Waals surface area contributed by atoms with Crippen molar-refractivity contribution in [2.45, 2.75) is 13.8 Å². The quantitative estimate of drug-likeness (QED) is 0.598. The molecular weight excluding hydrogens is 140 g/mol. The number of nitrogens with zero attached hydrogens (tertiary/aromatic N) is 2. The zero-order valence-electron chi connectivity index (χ0n) is 7.03. The van der Waals surface area contributed by atoms with Gasteiger partial charge in [-0.05, 0) is 0 Å². The molecule has 11 heavy (non-hydrogen) atoms. The van der Waals surface area contributed by atoms with E-state index in [2.05, 4.69) is 4.98 Å². The van der Waals surface area contributed by atoms with Crippen LogP contribution < -0.4 is 0 Å². The van der Waals surface area contributed by atoms with Crippen LogP contribution >= 0.6 is 0 Å². The van der Waals surface area contributed by atoms with Crippen molar-refractivity contribution in [2.24, 2.45) is 13.0 Å². The van der Waals surface area contributed by atoms with Gasteiger partial charge in [0.1, 0.15) is 5.69 Å². The van der Waals surface area contributed by atoms with Crippen LogP contribution in [0.5, 0.6) is 0 Å². The van der Waals surface area contributed by atoms with Gasteiger partial charge in [0.25, 0.3) is 0 Å². The first-order valence-corrected chi connectivity index (χ1v) is 3.63. The summed E-state index contributed by atoms with van der Waals surface area (Å²) < 4.78 is 1.74. The molecule has 0 amide bonds. The van der Waals surface area contributed by atoms with Crippen LogP contribution in [0, 0.1) is 5.92 Å². The van der Waals surface area contributed by atoms with Gasteiger partial charge in [-0.2, -0.15) is 0 Å². The normalized spacial score (nSPS) is 10.5. The van der Waals surface area contributed by atoms with Crippen molar-refractivity contribution in [1.29, 1.82) is 0 Å². The molecular formula is C8H12N2O. The van der Waals surface area contributed by atoms with Gasteiger partial charge < -0.3 is 4.57 Å². The predicted octanol–water partition coefficient (Wildman–Crippen LogP) is 1.26. The lowest BCUT2D eigenvalue weighted by Crippen LogP contribution is -2.11. The maximum Gasteiger partial charge on any atom is 0.183 e. The molecule has 0 unspecified atom stereocenters. The molecule has 0 aliphatic heterocycles. The number of carbonyl (C=O) groups is 1. The first-order valence-electron chi connectivity index (χ1n) is 3.63. The summed E-state index contributed by atoms with van der Waals surface area (Å²) in [5, 5.41) is 0. The van der Waals surface area contributed by atoms with Gasteiger partial charge >= 0.3 is 0 Å². The summed E-state index contributed by atoms with van der Waals surface area (Å²) in [5.41, 5.74) is 0.681. The van der Waals surface area contributed by atoms with Gasteiger partial charge in [0, 0.05) is 13.0 Å². The Labute approximate surface area is 66.1 Å². The number of aromatic nitrogens is 2. The molecule has 0 N–H and O–H groups in total. The minimum Gasteiger partial charge on any atom is -0.331 e. The Morgan fingerprint density at radius 2 is 2.27 bits per heavy atom. The smallest absolute Gasteiger partial charge is 0.183 e. The first kappa shape index (κ1) is 7.98. The Balaban J connectivity index is 2.93. The van der Waals surface area contributed by atoms with Crippen molar-refractivity contribution in [3.63, 3.8) is 0 Å². The molecule has 0 aromatic carbocycles. The number of rotatable bonds is 2. The standard InChI is InChI=1S/C8H12N2O/c1-6(2)8(11)7-4-9-5-10(7)3/h4-6H,1-3H3. The number of ketones is 1. The van der Waals surface area contributed by atoms with Gasteiger partial charge in [0.05, 0.1) is 12.5 Å². The van der Waals surface area contributed by atoms with Crippen molar-refractivity contribution in [1.82, 2.24) is 9.55 Å². The third kappa shape index (κ3) is 1.48. The van der Waals surface area contributed by atoms with Crippen molar-refractivity contribution in [3.05, 3.63) is 18.2 Å². The minimum atomic E-state index is 0.0467. The van der Waals surface area contributed by atoms with E-state index in [-0.39, 0.29) is 11.7 Å². The van der Waals surface area contributed by atoms with Gasteiger partial charge in [-0.1, -0.05) is 13.8 Å². The van der Waals surface area contributed by atoms with E-state index < -0.39 is 0 Å². The molecule has 0 aliphatic rings. The van der Waals surface area contributed by atoms with Crippen molar-refractivity contribution in [3.8, 4) is 0 Å². The fourth-order valence-electron chi connectivity index (χ4n) is 0.890. The molecule has 1 heterocycles. The molecule has 0 saturated carbocycles. The first-order chi connectivity index (χ1) is 5.13. The van der Waals surface area contributed by atoms with E-state index in [0.717, 1.165) is 0 Å². The van der Waals surface area contributed by atoms with Gasteiger partial charge in [0.2, 0.25) is 0 Å². The van der Waals surface area contributed by atoms with Gasteiger partial charge in [-0.15, -0.1) is 0 Å². The van der Waals surface area contributed by atoms with Crippen LogP contribution in [0.1, 0.15) is 24.3 Å². The maximum atomic E-state index is 11.4. The van der Waals surface area contributed by atoms with E-state index in [1.165, 1.54) is 0 Å². The molecule has 0 saturated heterocycles. The lowest BCUT2D eigenvalue weighted by Gasteiger charge is -2.02. The highest BCUT2D eigenvalue weighted by atomic mass is 16.1. The van der Waals surface area contributed by atoms with E-state index in [9.17, 15) is 4.79 Å². The Hall–Kier alpha value is -1.12. The minimum absolute atomic E-state index is 0.0467. The SMILES string of the molecule is CC(C)C(=O)c1cncn1C. The van der Waals surface area contributed by atoms with E-state index in [1.54, 1.807) is 17.1 Å². The topological polar surface area (TPSA) is 34.9 Å². The largest absolute Gasteiger partial charge is 0.331 e. The molecule has 3 heteroatoms.